The molecule has 1 atom stereocenters. The Hall–Kier alpha value is -3.08. The average Bonchev–Trinajstić information content (AvgIpc) is 2.83. The summed E-state index contributed by atoms with van der Waals surface area (Å²) < 4.78 is 21.2. The van der Waals surface area contributed by atoms with Crippen molar-refractivity contribution in [1.29, 1.82) is 0 Å². The first-order valence-electron chi connectivity index (χ1n) is 12.1. The highest BCUT2D eigenvalue weighted by Gasteiger charge is 2.40. The van der Waals surface area contributed by atoms with E-state index in [1.807, 2.05) is 0 Å². The lowest BCUT2D eigenvalue weighted by Crippen LogP contribution is -2.45. The van der Waals surface area contributed by atoms with Gasteiger partial charge in [-0.25, -0.2) is 9.59 Å². The van der Waals surface area contributed by atoms with Crippen LogP contribution in [0.4, 0.5) is 0 Å². The summed E-state index contributed by atoms with van der Waals surface area (Å²) in [4.78, 5) is 31.2. The third-order valence-electron chi connectivity index (χ3n) is 5.24. The molecule has 1 aliphatic rings. The monoisotopic (exact) mass is 536 g/mol. The number of rotatable bonds is 12. The van der Waals surface area contributed by atoms with E-state index in [9.17, 15) is 9.59 Å². The van der Waals surface area contributed by atoms with E-state index < -0.39 is 17.9 Å². The van der Waals surface area contributed by atoms with Gasteiger partial charge < -0.3 is 34.9 Å². The molecule has 0 saturated carbocycles. The second-order valence-corrected chi connectivity index (χ2v) is 8.76. The summed E-state index contributed by atoms with van der Waals surface area (Å²) in [7, 11) is 3.19. The predicted octanol–water partition coefficient (Wildman–Crippen LogP) is 2.86. The number of hydrogen-bond acceptors (Lipinski definition) is 8. The van der Waals surface area contributed by atoms with Gasteiger partial charge in [0, 0.05) is 31.5 Å². The molecule has 0 spiro atoms. The molecule has 0 fully saturated rings. The van der Waals surface area contributed by atoms with E-state index in [4.69, 9.17) is 30.5 Å². The Balaban J connectivity index is 2.69. The minimum atomic E-state index is -0.859. The van der Waals surface area contributed by atoms with Crippen LogP contribution in [-0.2, 0) is 28.5 Å². The summed E-state index contributed by atoms with van der Waals surface area (Å²) in [6.07, 6.45) is -0.362. The van der Waals surface area contributed by atoms with Crippen molar-refractivity contribution >= 4 is 29.5 Å². The van der Waals surface area contributed by atoms with Crippen LogP contribution in [-0.4, -0.2) is 71.1 Å². The molecule has 0 amide bonds. The SMILES string of the molecule is CCOC(=O)C1=C(NC(=NCCOC)NCCOC)NC(C)=C(C(=O)OC(C)C)C1c1ccccc1Cl. The predicted molar refractivity (Wildman–Crippen MR) is 142 cm³/mol. The van der Waals surface area contributed by atoms with E-state index in [1.54, 1.807) is 66.2 Å². The Morgan fingerprint density at radius 3 is 2.43 bits per heavy atom. The van der Waals surface area contributed by atoms with Crippen LogP contribution in [0.3, 0.4) is 0 Å². The Morgan fingerprint density at radius 2 is 1.81 bits per heavy atom. The Morgan fingerprint density at radius 1 is 1.11 bits per heavy atom. The quantitative estimate of drug-likeness (QED) is 0.160. The van der Waals surface area contributed by atoms with Crippen molar-refractivity contribution in [3.63, 3.8) is 0 Å². The molecule has 10 nitrogen and oxygen atoms in total. The molecular formula is C26H37ClN4O6. The molecule has 1 heterocycles. The zero-order valence-corrected chi connectivity index (χ0v) is 23.0. The fraction of sp³-hybridized carbons (Fsp3) is 0.500. The lowest BCUT2D eigenvalue weighted by atomic mass is 9.81. The van der Waals surface area contributed by atoms with Crippen LogP contribution in [0, 0.1) is 0 Å². The van der Waals surface area contributed by atoms with Gasteiger partial charge in [0.1, 0.15) is 5.82 Å². The first kappa shape index (κ1) is 30.1. The van der Waals surface area contributed by atoms with Gasteiger partial charge in [-0.3, -0.25) is 4.99 Å². The molecule has 0 bridgehead atoms. The number of carbonyl (C=O) groups excluding carboxylic acids is 2. The largest absolute Gasteiger partial charge is 0.463 e. The maximum atomic E-state index is 13.4. The smallest absolute Gasteiger partial charge is 0.338 e. The molecule has 2 rings (SSSR count). The molecule has 0 aliphatic carbocycles. The van der Waals surface area contributed by atoms with Crippen LogP contribution in [0.2, 0.25) is 5.02 Å². The number of benzene rings is 1. The van der Waals surface area contributed by atoms with Crippen LogP contribution in [0.15, 0.2) is 51.9 Å². The van der Waals surface area contributed by atoms with Gasteiger partial charge in [-0.05, 0) is 39.3 Å². The van der Waals surface area contributed by atoms with Gasteiger partial charge in [-0.1, -0.05) is 29.8 Å². The molecule has 3 N–H and O–H groups in total. The molecule has 1 aliphatic heterocycles. The van der Waals surface area contributed by atoms with Gasteiger partial charge in [0.25, 0.3) is 0 Å². The van der Waals surface area contributed by atoms with Crippen molar-refractivity contribution in [2.24, 2.45) is 4.99 Å². The van der Waals surface area contributed by atoms with Crippen molar-refractivity contribution < 1.29 is 28.5 Å². The highest BCUT2D eigenvalue weighted by Crippen LogP contribution is 2.41. The van der Waals surface area contributed by atoms with E-state index in [0.717, 1.165) is 0 Å². The van der Waals surface area contributed by atoms with Gasteiger partial charge >= 0.3 is 11.9 Å². The second kappa shape index (κ2) is 15.2. The van der Waals surface area contributed by atoms with Crippen molar-refractivity contribution in [1.82, 2.24) is 16.0 Å². The lowest BCUT2D eigenvalue weighted by molar-refractivity contribution is -0.143. The molecule has 204 valence electrons. The number of nitrogens with zero attached hydrogens (tertiary/aromatic N) is 1. The molecule has 1 aromatic rings. The van der Waals surface area contributed by atoms with E-state index in [1.165, 1.54) is 0 Å². The lowest BCUT2D eigenvalue weighted by Gasteiger charge is -2.32. The summed E-state index contributed by atoms with van der Waals surface area (Å²) in [6, 6.07) is 7.06. The zero-order chi connectivity index (χ0) is 27.4. The molecule has 37 heavy (non-hydrogen) atoms. The van der Waals surface area contributed by atoms with Gasteiger partial charge in [0.05, 0.1) is 49.5 Å². The fourth-order valence-corrected chi connectivity index (χ4v) is 3.95. The topological polar surface area (TPSA) is 120 Å². The van der Waals surface area contributed by atoms with Crippen LogP contribution in [0.5, 0.6) is 0 Å². The van der Waals surface area contributed by atoms with Crippen molar-refractivity contribution in [3.05, 3.63) is 57.5 Å². The Kier molecular flexibility index (Phi) is 12.4. The summed E-state index contributed by atoms with van der Waals surface area (Å²) in [5, 5.41) is 9.89. The number of nitrogens with one attached hydrogen (secondary N) is 3. The van der Waals surface area contributed by atoms with Gasteiger partial charge in [-0.2, -0.15) is 0 Å². The van der Waals surface area contributed by atoms with Gasteiger partial charge in [0.2, 0.25) is 0 Å². The van der Waals surface area contributed by atoms with Crippen LogP contribution in [0.1, 0.15) is 39.2 Å². The first-order valence-corrected chi connectivity index (χ1v) is 12.5. The third-order valence-corrected chi connectivity index (χ3v) is 5.59. The number of ether oxygens (including phenoxy) is 4. The van der Waals surface area contributed by atoms with Crippen molar-refractivity contribution in [2.45, 2.75) is 39.7 Å². The number of allylic oxidation sites excluding steroid dienone is 1. The normalized spacial score (nSPS) is 16.0. The molecular weight excluding hydrogens is 500 g/mol. The van der Waals surface area contributed by atoms with Crippen molar-refractivity contribution in [3.8, 4) is 0 Å². The van der Waals surface area contributed by atoms with Gasteiger partial charge in [0.15, 0.2) is 5.96 Å². The number of aliphatic imine (C=N–C) groups is 1. The second-order valence-electron chi connectivity index (χ2n) is 8.35. The van der Waals surface area contributed by atoms with E-state index in [2.05, 4.69) is 20.9 Å². The summed E-state index contributed by atoms with van der Waals surface area (Å²) in [5.74, 6) is -1.34. The maximum absolute atomic E-state index is 13.4. The molecule has 0 saturated heterocycles. The maximum Gasteiger partial charge on any atom is 0.338 e. The fourth-order valence-electron chi connectivity index (χ4n) is 3.70. The molecule has 0 aromatic heterocycles. The van der Waals surface area contributed by atoms with Gasteiger partial charge in [-0.15, -0.1) is 0 Å². The number of carbonyl (C=O) groups is 2. The molecule has 11 heteroatoms. The van der Waals surface area contributed by atoms with E-state index in [-0.39, 0.29) is 23.9 Å². The van der Waals surface area contributed by atoms with Crippen LogP contribution >= 0.6 is 11.6 Å². The van der Waals surface area contributed by atoms with Crippen LogP contribution in [0.25, 0.3) is 0 Å². The number of esters is 2. The standard InChI is InChI=1S/C26H37ClN4O6/c1-7-36-24(32)22-21(18-10-8-9-11-19(18)27)20(25(33)37-16(2)3)17(4)30-23(22)31-26(28-12-14-34-5)29-13-15-35-6/h8-11,16,21,30H,7,12-15H2,1-6H3,(H2,28,29,31). The number of halogens is 1. The Labute approximate surface area is 223 Å². The number of hydrogen-bond donors (Lipinski definition) is 3. The highest BCUT2D eigenvalue weighted by molar-refractivity contribution is 6.31. The van der Waals surface area contributed by atoms with E-state index in [0.29, 0.717) is 54.4 Å². The van der Waals surface area contributed by atoms with Crippen molar-refractivity contribution in [2.75, 3.05) is 47.1 Å². The van der Waals surface area contributed by atoms with E-state index >= 15 is 0 Å². The average molecular weight is 537 g/mol. The summed E-state index contributed by atoms with van der Waals surface area (Å²) in [6.45, 7) is 8.79. The molecule has 1 aromatic carbocycles. The minimum Gasteiger partial charge on any atom is -0.463 e. The Bertz CT molecular complexity index is 1040. The first-order chi connectivity index (χ1) is 17.7. The number of methoxy groups -OCH3 is 2. The summed E-state index contributed by atoms with van der Waals surface area (Å²) in [5.41, 5.74) is 1.50. The molecule has 0 radical (unpaired) electrons. The summed E-state index contributed by atoms with van der Waals surface area (Å²) >= 11 is 6.60. The number of dihydropyridines is 1. The molecule has 1 unspecified atom stereocenters. The third kappa shape index (κ3) is 8.48. The minimum absolute atomic E-state index is 0.139. The highest BCUT2D eigenvalue weighted by atomic mass is 35.5. The van der Waals surface area contributed by atoms with Crippen LogP contribution < -0.4 is 16.0 Å². The number of guanidine groups is 1. The zero-order valence-electron chi connectivity index (χ0n) is 22.3.